The molecule has 2 saturated heterocycles. The van der Waals surface area contributed by atoms with Gasteiger partial charge in [0.15, 0.2) is 11.6 Å². The molecule has 8 nitrogen and oxygen atoms in total. The average molecular weight is 494 g/mol. The molecule has 1 atom stereocenters. The molecule has 2 aromatic heterocycles. The third-order valence-corrected chi connectivity index (χ3v) is 7.49. The summed E-state index contributed by atoms with van der Waals surface area (Å²) in [6, 6.07) is 10.5. The molecule has 0 bridgehead atoms. The predicted molar refractivity (Wildman–Crippen MR) is 136 cm³/mol. The molecule has 10 heteroatoms. The third-order valence-electron chi connectivity index (χ3n) is 6.08. The highest BCUT2D eigenvalue weighted by Crippen LogP contribution is 2.41. The van der Waals surface area contributed by atoms with Crippen LogP contribution in [0.5, 0.6) is 0 Å². The van der Waals surface area contributed by atoms with E-state index in [1.807, 2.05) is 17.0 Å². The monoisotopic (exact) mass is 493 g/mol. The molecule has 0 radical (unpaired) electrons. The zero-order valence-corrected chi connectivity index (χ0v) is 20.5. The van der Waals surface area contributed by atoms with Gasteiger partial charge in [-0.25, -0.2) is 9.37 Å². The summed E-state index contributed by atoms with van der Waals surface area (Å²) in [4.78, 5) is 14.4. The smallest absolute Gasteiger partial charge is 0.270 e. The zero-order valence-electron chi connectivity index (χ0n) is 19.7. The van der Waals surface area contributed by atoms with Crippen molar-refractivity contribution in [3.05, 3.63) is 65.4 Å². The number of benzene rings is 1. The average Bonchev–Trinajstić information content (AvgIpc) is 3.41. The summed E-state index contributed by atoms with van der Waals surface area (Å²) in [7, 11) is 0. The molecule has 4 heterocycles. The Hall–Kier alpha value is -3.11. The number of azo groups is 1. The lowest BCUT2D eigenvalue weighted by Crippen LogP contribution is -2.37. The van der Waals surface area contributed by atoms with E-state index in [0.29, 0.717) is 31.6 Å². The molecule has 2 aliphatic heterocycles. The molecule has 2 aliphatic rings. The highest BCUT2D eigenvalue weighted by molar-refractivity contribution is 7.99. The van der Waals surface area contributed by atoms with Crippen LogP contribution in [0.25, 0.3) is 0 Å². The minimum absolute atomic E-state index is 0.126. The summed E-state index contributed by atoms with van der Waals surface area (Å²) in [5.74, 6) is 1.14. The van der Waals surface area contributed by atoms with Crippen molar-refractivity contribution < 1.29 is 9.13 Å². The van der Waals surface area contributed by atoms with Crippen LogP contribution in [0.2, 0.25) is 0 Å². The van der Waals surface area contributed by atoms with Gasteiger partial charge in [-0.3, -0.25) is 4.98 Å². The number of aromatic nitrogens is 3. The Labute approximate surface area is 208 Å². The molecule has 3 aromatic rings. The van der Waals surface area contributed by atoms with Gasteiger partial charge in [-0.15, -0.1) is 5.11 Å². The van der Waals surface area contributed by atoms with Crippen molar-refractivity contribution in [2.24, 2.45) is 10.2 Å². The Morgan fingerprint density at radius 1 is 1.14 bits per heavy atom. The highest BCUT2D eigenvalue weighted by atomic mass is 32.2. The number of ether oxygens (including phenoxy) is 1. The van der Waals surface area contributed by atoms with Crippen molar-refractivity contribution in [2.75, 3.05) is 42.3 Å². The number of morpholine rings is 1. The van der Waals surface area contributed by atoms with Crippen LogP contribution in [0, 0.1) is 12.7 Å². The van der Waals surface area contributed by atoms with Crippen molar-refractivity contribution in [1.82, 2.24) is 15.0 Å². The lowest BCUT2D eigenvalue weighted by Gasteiger charge is -2.27. The summed E-state index contributed by atoms with van der Waals surface area (Å²) in [5.41, 5.74) is 5.48. The van der Waals surface area contributed by atoms with E-state index in [0.717, 1.165) is 23.3 Å². The van der Waals surface area contributed by atoms with Crippen LogP contribution < -0.4 is 10.2 Å². The second kappa shape index (κ2) is 11.1. The van der Waals surface area contributed by atoms with E-state index in [-0.39, 0.29) is 18.3 Å². The van der Waals surface area contributed by atoms with Gasteiger partial charge in [0.05, 0.1) is 37.0 Å². The number of hydrogen-bond donors (Lipinski definition) is 1. The molecule has 0 amide bonds. The third kappa shape index (κ3) is 5.94. The standard InChI is InChI=1S/C25H28FN7OS/c1-17-13-18(6-7-21(17)23-3-2-12-35-23)30-20-5-4-19(27-14-20)15-29-32-25-28-16-22(26)24(31-25)33-8-10-34-11-9-33/h4-7,13-14,16,23,30H,2-3,8-12,15H2,1H3. The Morgan fingerprint density at radius 2 is 2.00 bits per heavy atom. The summed E-state index contributed by atoms with van der Waals surface area (Å²) in [6.45, 7) is 4.71. The second-order valence-electron chi connectivity index (χ2n) is 8.58. The van der Waals surface area contributed by atoms with Crippen LogP contribution in [0.3, 0.4) is 0 Å². The zero-order chi connectivity index (χ0) is 24.0. The molecule has 182 valence electrons. The molecule has 35 heavy (non-hydrogen) atoms. The summed E-state index contributed by atoms with van der Waals surface area (Å²) < 4.78 is 19.5. The van der Waals surface area contributed by atoms with Gasteiger partial charge in [-0.1, -0.05) is 6.07 Å². The minimum Gasteiger partial charge on any atom is -0.378 e. The van der Waals surface area contributed by atoms with E-state index in [9.17, 15) is 4.39 Å². The number of nitrogens with zero attached hydrogens (tertiary/aromatic N) is 6. The maximum Gasteiger partial charge on any atom is 0.270 e. The Kier molecular flexibility index (Phi) is 7.48. The molecule has 5 rings (SSSR count). The number of anilines is 3. The maximum absolute atomic E-state index is 14.2. The predicted octanol–water partition coefficient (Wildman–Crippen LogP) is 5.75. The first-order chi connectivity index (χ1) is 17.2. The molecule has 1 unspecified atom stereocenters. The molecule has 0 saturated carbocycles. The number of halogens is 1. The number of aryl methyl sites for hydroxylation is 1. The summed E-state index contributed by atoms with van der Waals surface area (Å²) >= 11 is 2.06. The van der Waals surface area contributed by atoms with Crippen molar-refractivity contribution >= 4 is 34.9 Å². The molecular formula is C25H28FN7OS. The summed E-state index contributed by atoms with van der Waals surface area (Å²) in [5, 5.41) is 12.3. The molecule has 0 spiro atoms. The van der Waals surface area contributed by atoms with Crippen LogP contribution >= 0.6 is 11.8 Å². The molecule has 2 fully saturated rings. The number of nitrogens with one attached hydrogen (secondary N) is 1. The van der Waals surface area contributed by atoms with Crippen molar-refractivity contribution in [1.29, 1.82) is 0 Å². The maximum atomic E-state index is 14.2. The summed E-state index contributed by atoms with van der Waals surface area (Å²) in [6.07, 6.45) is 5.49. The van der Waals surface area contributed by atoms with E-state index in [1.54, 1.807) is 6.20 Å². The van der Waals surface area contributed by atoms with Crippen LogP contribution in [-0.4, -0.2) is 47.0 Å². The van der Waals surface area contributed by atoms with E-state index < -0.39 is 5.82 Å². The highest BCUT2D eigenvalue weighted by Gasteiger charge is 2.19. The van der Waals surface area contributed by atoms with E-state index >= 15 is 0 Å². The molecule has 0 aliphatic carbocycles. The van der Waals surface area contributed by atoms with E-state index in [4.69, 9.17) is 4.74 Å². The van der Waals surface area contributed by atoms with Crippen LogP contribution in [-0.2, 0) is 11.3 Å². The fraction of sp³-hybridized carbons (Fsp3) is 0.400. The van der Waals surface area contributed by atoms with Gasteiger partial charge < -0.3 is 15.0 Å². The topological polar surface area (TPSA) is 87.9 Å². The van der Waals surface area contributed by atoms with E-state index in [2.05, 4.69) is 67.4 Å². The fourth-order valence-electron chi connectivity index (χ4n) is 4.26. The lowest BCUT2D eigenvalue weighted by atomic mass is 10.0. The first-order valence-corrected chi connectivity index (χ1v) is 12.9. The number of thioether (sulfide) groups is 1. The molecular weight excluding hydrogens is 465 g/mol. The van der Waals surface area contributed by atoms with Crippen LogP contribution in [0.1, 0.15) is 34.9 Å². The lowest BCUT2D eigenvalue weighted by molar-refractivity contribution is 0.122. The number of pyridine rings is 1. The van der Waals surface area contributed by atoms with Crippen LogP contribution in [0.15, 0.2) is 53.0 Å². The van der Waals surface area contributed by atoms with Gasteiger partial charge in [0.2, 0.25) is 0 Å². The van der Waals surface area contributed by atoms with Crippen molar-refractivity contribution in [3.63, 3.8) is 0 Å². The molecule has 1 N–H and O–H groups in total. The number of rotatable bonds is 7. The minimum atomic E-state index is -0.474. The van der Waals surface area contributed by atoms with Gasteiger partial charge in [0.25, 0.3) is 5.95 Å². The van der Waals surface area contributed by atoms with Crippen molar-refractivity contribution in [2.45, 2.75) is 31.6 Å². The largest absolute Gasteiger partial charge is 0.378 e. The Morgan fingerprint density at radius 3 is 2.74 bits per heavy atom. The SMILES string of the molecule is Cc1cc(Nc2ccc(CN=Nc3ncc(F)c(N4CCOCC4)n3)nc2)ccc1C1CCCS1. The fourth-order valence-corrected chi connectivity index (χ4v) is 5.66. The quantitative estimate of drug-likeness (QED) is 0.419. The number of hydrogen-bond acceptors (Lipinski definition) is 9. The second-order valence-corrected chi connectivity index (χ2v) is 9.89. The van der Waals surface area contributed by atoms with Gasteiger partial charge in [-0.05, 0) is 60.9 Å². The van der Waals surface area contributed by atoms with Gasteiger partial charge in [0, 0.05) is 24.0 Å². The Balaban J connectivity index is 1.18. The van der Waals surface area contributed by atoms with Gasteiger partial charge in [-0.2, -0.15) is 21.9 Å². The van der Waals surface area contributed by atoms with Crippen LogP contribution in [0.4, 0.5) is 27.5 Å². The van der Waals surface area contributed by atoms with Gasteiger partial charge in [0.1, 0.15) is 6.54 Å². The first kappa shape index (κ1) is 23.6. The van der Waals surface area contributed by atoms with E-state index in [1.165, 1.54) is 29.7 Å². The normalized spacial score (nSPS) is 18.3. The first-order valence-electron chi connectivity index (χ1n) is 11.8. The van der Waals surface area contributed by atoms with Gasteiger partial charge >= 0.3 is 0 Å². The molecule has 1 aromatic carbocycles. The van der Waals surface area contributed by atoms with Crippen molar-refractivity contribution in [3.8, 4) is 0 Å². The Bertz CT molecular complexity index is 1180.